The first-order chi connectivity index (χ1) is 13.4. The van der Waals surface area contributed by atoms with Crippen molar-refractivity contribution in [3.05, 3.63) is 65.2 Å². The molecule has 3 rings (SSSR count). The zero-order chi connectivity index (χ0) is 20.1. The molecule has 1 N–H and O–H groups in total. The number of rotatable bonds is 6. The van der Waals surface area contributed by atoms with E-state index < -0.39 is 26.6 Å². The molecule has 0 atom stereocenters. The average molecular weight is 410 g/mol. The third-order valence-electron chi connectivity index (χ3n) is 4.39. The lowest BCUT2D eigenvalue weighted by Gasteiger charge is -2.26. The van der Waals surface area contributed by atoms with Crippen LogP contribution < -0.4 is 5.32 Å². The summed E-state index contributed by atoms with van der Waals surface area (Å²) in [5.74, 6) is -1.76. The highest BCUT2D eigenvalue weighted by Gasteiger charge is 2.29. The molecular formula is C19H20F2N2O4S. The number of benzene rings is 2. The number of morpholine rings is 1. The average Bonchev–Trinajstić information content (AvgIpc) is 2.70. The van der Waals surface area contributed by atoms with Gasteiger partial charge >= 0.3 is 0 Å². The summed E-state index contributed by atoms with van der Waals surface area (Å²) in [4.78, 5) is 11.8. The fourth-order valence-corrected chi connectivity index (χ4v) is 4.34. The molecule has 1 aliphatic heterocycles. The molecule has 150 valence electrons. The number of hydrogen-bond acceptors (Lipinski definition) is 4. The molecule has 1 saturated heterocycles. The number of amides is 1. The van der Waals surface area contributed by atoms with Crippen LogP contribution in [0.15, 0.2) is 47.4 Å². The number of hydrogen-bond donors (Lipinski definition) is 1. The third kappa shape index (κ3) is 4.73. The Morgan fingerprint density at radius 3 is 2.43 bits per heavy atom. The monoisotopic (exact) mass is 410 g/mol. The first kappa shape index (κ1) is 20.4. The van der Waals surface area contributed by atoms with Gasteiger partial charge in [-0.3, -0.25) is 4.79 Å². The maximum Gasteiger partial charge on any atom is 0.251 e. The number of nitrogens with one attached hydrogen (secondary N) is 1. The molecule has 1 heterocycles. The molecule has 28 heavy (non-hydrogen) atoms. The molecule has 0 spiro atoms. The fraction of sp³-hybridized carbons (Fsp3) is 0.316. The summed E-state index contributed by atoms with van der Waals surface area (Å²) >= 11 is 0. The van der Waals surface area contributed by atoms with Gasteiger partial charge in [0.15, 0.2) is 0 Å². The van der Waals surface area contributed by atoms with Crippen molar-refractivity contribution < 1.29 is 26.7 Å². The maximum absolute atomic E-state index is 14.2. The summed E-state index contributed by atoms with van der Waals surface area (Å²) in [5.41, 5.74) is 0.892. The molecule has 1 fully saturated rings. The van der Waals surface area contributed by atoms with Crippen molar-refractivity contribution in [3.8, 4) is 0 Å². The highest BCUT2D eigenvalue weighted by atomic mass is 32.2. The molecule has 1 amide bonds. The van der Waals surface area contributed by atoms with Gasteiger partial charge in [-0.15, -0.1) is 0 Å². The summed E-state index contributed by atoms with van der Waals surface area (Å²) in [6.45, 7) is 1.02. The fourth-order valence-electron chi connectivity index (χ4n) is 2.84. The van der Waals surface area contributed by atoms with Crippen LogP contribution >= 0.6 is 0 Å². The second kappa shape index (κ2) is 8.76. The van der Waals surface area contributed by atoms with E-state index in [4.69, 9.17) is 4.74 Å². The van der Waals surface area contributed by atoms with Gasteiger partial charge in [-0.1, -0.05) is 12.1 Å². The summed E-state index contributed by atoms with van der Waals surface area (Å²) in [6, 6.07) is 9.16. The van der Waals surface area contributed by atoms with Crippen molar-refractivity contribution in [1.29, 1.82) is 0 Å². The SMILES string of the molecule is O=C(NCCc1ccc(F)cc1)c1ccc(F)c(S(=O)(=O)N2CCOCC2)c1. The van der Waals surface area contributed by atoms with Crippen LogP contribution in [0, 0.1) is 11.6 Å². The maximum atomic E-state index is 14.2. The summed E-state index contributed by atoms with van der Waals surface area (Å²) in [7, 11) is -4.05. The Morgan fingerprint density at radius 1 is 1.07 bits per heavy atom. The molecule has 0 saturated carbocycles. The lowest BCUT2D eigenvalue weighted by Crippen LogP contribution is -2.41. The van der Waals surface area contributed by atoms with Gasteiger partial charge in [-0.25, -0.2) is 17.2 Å². The van der Waals surface area contributed by atoms with Crippen LogP contribution in [0.5, 0.6) is 0 Å². The molecule has 0 aliphatic carbocycles. The van der Waals surface area contributed by atoms with Gasteiger partial charge in [0.1, 0.15) is 16.5 Å². The zero-order valence-corrected chi connectivity index (χ0v) is 15.8. The minimum Gasteiger partial charge on any atom is -0.379 e. The molecule has 9 heteroatoms. The van der Waals surface area contributed by atoms with Gasteiger partial charge < -0.3 is 10.1 Å². The van der Waals surface area contributed by atoms with Gasteiger partial charge in [-0.2, -0.15) is 4.31 Å². The van der Waals surface area contributed by atoms with Gasteiger partial charge in [-0.05, 0) is 42.3 Å². The Balaban J connectivity index is 1.69. The molecule has 1 aliphatic rings. The van der Waals surface area contributed by atoms with E-state index in [2.05, 4.69) is 5.32 Å². The van der Waals surface area contributed by atoms with E-state index in [0.717, 1.165) is 22.0 Å². The molecule has 6 nitrogen and oxygen atoms in total. The van der Waals surface area contributed by atoms with Crippen LogP contribution in [0.1, 0.15) is 15.9 Å². The number of nitrogens with zero attached hydrogens (tertiary/aromatic N) is 1. The Kier molecular flexibility index (Phi) is 6.38. The highest BCUT2D eigenvalue weighted by Crippen LogP contribution is 2.22. The van der Waals surface area contributed by atoms with Crippen molar-refractivity contribution in [2.24, 2.45) is 0 Å². The lowest BCUT2D eigenvalue weighted by atomic mass is 10.1. The standard InChI is InChI=1S/C19H20F2N2O4S/c20-16-4-1-14(2-5-16)7-8-22-19(24)15-3-6-17(21)18(13-15)28(25,26)23-9-11-27-12-10-23/h1-6,13H,7-12H2,(H,22,24). The molecule has 2 aromatic rings. The van der Waals surface area contributed by atoms with Crippen molar-refractivity contribution in [2.75, 3.05) is 32.8 Å². The van der Waals surface area contributed by atoms with Gasteiger partial charge in [0, 0.05) is 25.2 Å². The topological polar surface area (TPSA) is 75.7 Å². The second-order valence-corrected chi connectivity index (χ2v) is 8.20. The van der Waals surface area contributed by atoms with E-state index in [0.29, 0.717) is 6.42 Å². The minimum atomic E-state index is -4.05. The van der Waals surface area contributed by atoms with E-state index >= 15 is 0 Å². The number of carbonyl (C=O) groups is 1. The van der Waals surface area contributed by atoms with Gasteiger partial charge in [0.25, 0.3) is 5.91 Å². The van der Waals surface area contributed by atoms with Crippen molar-refractivity contribution in [2.45, 2.75) is 11.3 Å². The Hall–Kier alpha value is -2.36. The molecule has 2 aromatic carbocycles. The first-order valence-electron chi connectivity index (χ1n) is 8.78. The Morgan fingerprint density at radius 2 is 1.75 bits per heavy atom. The number of carbonyl (C=O) groups excluding carboxylic acids is 1. The quantitative estimate of drug-likeness (QED) is 0.790. The summed E-state index contributed by atoms with van der Waals surface area (Å²) < 4.78 is 58.7. The highest BCUT2D eigenvalue weighted by molar-refractivity contribution is 7.89. The van der Waals surface area contributed by atoms with Crippen LogP contribution in [0.25, 0.3) is 0 Å². The normalized spacial score (nSPS) is 15.4. The number of sulfonamides is 1. The first-order valence-corrected chi connectivity index (χ1v) is 10.2. The van der Waals surface area contributed by atoms with E-state index in [9.17, 15) is 22.0 Å². The molecule has 0 aromatic heterocycles. The number of halogens is 2. The predicted octanol–water partition coefficient (Wildman–Crippen LogP) is 1.96. The molecular weight excluding hydrogens is 390 g/mol. The van der Waals surface area contributed by atoms with E-state index in [1.54, 1.807) is 12.1 Å². The Bertz CT molecular complexity index is 943. The Labute approximate surface area is 162 Å². The van der Waals surface area contributed by atoms with Crippen molar-refractivity contribution in [3.63, 3.8) is 0 Å². The van der Waals surface area contributed by atoms with Crippen LogP contribution in [0.3, 0.4) is 0 Å². The van der Waals surface area contributed by atoms with Crippen LogP contribution in [0.2, 0.25) is 0 Å². The third-order valence-corrected chi connectivity index (χ3v) is 6.31. The summed E-state index contributed by atoms with van der Waals surface area (Å²) in [6.07, 6.45) is 0.478. The second-order valence-electron chi connectivity index (χ2n) is 6.29. The molecule has 0 bridgehead atoms. The van der Waals surface area contributed by atoms with Crippen LogP contribution in [0.4, 0.5) is 8.78 Å². The number of ether oxygens (including phenoxy) is 1. The van der Waals surface area contributed by atoms with Crippen molar-refractivity contribution >= 4 is 15.9 Å². The van der Waals surface area contributed by atoms with Crippen LogP contribution in [-0.2, 0) is 21.2 Å². The predicted molar refractivity (Wildman–Crippen MR) is 98.4 cm³/mol. The zero-order valence-electron chi connectivity index (χ0n) is 15.0. The van der Waals surface area contributed by atoms with E-state index in [1.807, 2.05) is 0 Å². The van der Waals surface area contributed by atoms with E-state index in [1.165, 1.54) is 18.2 Å². The minimum absolute atomic E-state index is 0.0485. The molecule has 0 radical (unpaired) electrons. The van der Waals surface area contributed by atoms with Gasteiger partial charge in [0.2, 0.25) is 10.0 Å². The smallest absolute Gasteiger partial charge is 0.251 e. The van der Waals surface area contributed by atoms with Gasteiger partial charge in [0.05, 0.1) is 13.2 Å². The lowest BCUT2D eigenvalue weighted by molar-refractivity contribution is 0.0729. The summed E-state index contributed by atoms with van der Waals surface area (Å²) in [5, 5.41) is 2.66. The van der Waals surface area contributed by atoms with Crippen molar-refractivity contribution in [1.82, 2.24) is 9.62 Å². The van der Waals surface area contributed by atoms with E-state index in [-0.39, 0.29) is 44.2 Å². The largest absolute Gasteiger partial charge is 0.379 e. The van der Waals surface area contributed by atoms with Crippen LogP contribution in [-0.4, -0.2) is 51.5 Å². The molecule has 0 unspecified atom stereocenters.